The van der Waals surface area contributed by atoms with Gasteiger partial charge in [-0.25, -0.2) is 23.7 Å². The van der Waals surface area contributed by atoms with Crippen LogP contribution in [0.5, 0.6) is 0 Å². The molecule has 2 N–H and O–H groups in total. The molecule has 0 radical (unpaired) electrons. The second-order valence-electron chi connectivity index (χ2n) is 8.38. The van der Waals surface area contributed by atoms with Gasteiger partial charge < -0.3 is 10.6 Å². The summed E-state index contributed by atoms with van der Waals surface area (Å²) in [5, 5.41) is 11.4. The molecule has 7 nitrogen and oxygen atoms in total. The number of aryl methyl sites for hydroxylation is 1. The first kappa shape index (κ1) is 19.2. The maximum Gasteiger partial charge on any atom is 0.229 e. The highest BCUT2D eigenvalue weighted by atomic mass is 19.1. The molecule has 0 atom stereocenters. The summed E-state index contributed by atoms with van der Waals surface area (Å²) in [5.41, 5.74) is 3.87. The molecule has 1 aliphatic heterocycles. The van der Waals surface area contributed by atoms with E-state index in [1.807, 2.05) is 19.2 Å². The first-order chi connectivity index (χ1) is 15.6. The van der Waals surface area contributed by atoms with Crippen molar-refractivity contribution >= 4 is 22.7 Å². The van der Waals surface area contributed by atoms with Crippen LogP contribution in [0.15, 0.2) is 30.5 Å². The van der Waals surface area contributed by atoms with Crippen LogP contribution in [-0.4, -0.2) is 31.3 Å². The highest BCUT2D eigenvalue weighted by Gasteiger charge is 2.30. The fourth-order valence-electron chi connectivity index (χ4n) is 4.40. The van der Waals surface area contributed by atoms with E-state index in [0.29, 0.717) is 28.2 Å². The van der Waals surface area contributed by atoms with Gasteiger partial charge >= 0.3 is 0 Å². The normalized spacial score (nSPS) is 15.7. The second-order valence-corrected chi connectivity index (χ2v) is 8.38. The Morgan fingerprint density at radius 2 is 2.00 bits per heavy atom. The summed E-state index contributed by atoms with van der Waals surface area (Å²) >= 11 is 0. The molecule has 0 bridgehead atoms. The smallest absolute Gasteiger partial charge is 0.229 e. The molecule has 1 aliphatic carbocycles. The van der Waals surface area contributed by atoms with Crippen molar-refractivity contribution in [3.63, 3.8) is 0 Å². The van der Waals surface area contributed by atoms with Crippen LogP contribution < -0.4 is 10.6 Å². The van der Waals surface area contributed by atoms with Gasteiger partial charge in [0.2, 0.25) is 5.95 Å². The number of anilines is 2. The third kappa shape index (κ3) is 3.29. The van der Waals surface area contributed by atoms with Crippen molar-refractivity contribution in [3.05, 3.63) is 59.0 Å². The molecule has 0 amide bonds. The predicted octanol–water partition coefficient (Wildman–Crippen LogP) is 3.97. The van der Waals surface area contributed by atoms with Gasteiger partial charge in [0.25, 0.3) is 0 Å². The number of halogens is 2. The Labute approximate surface area is 182 Å². The Kier molecular flexibility index (Phi) is 4.39. The molecule has 0 saturated heterocycles. The van der Waals surface area contributed by atoms with E-state index in [0.717, 1.165) is 55.5 Å². The van der Waals surface area contributed by atoms with Gasteiger partial charge in [-0.15, -0.1) is 0 Å². The number of nitrogens with zero attached hydrogens (tertiary/aromatic N) is 5. The van der Waals surface area contributed by atoms with Crippen molar-refractivity contribution in [1.29, 1.82) is 0 Å². The molecule has 6 rings (SSSR count). The third-order valence-electron chi connectivity index (χ3n) is 6.08. The Morgan fingerprint density at radius 1 is 1.12 bits per heavy atom. The van der Waals surface area contributed by atoms with Gasteiger partial charge in [-0.3, -0.25) is 4.68 Å². The molecule has 1 aromatic carbocycles. The van der Waals surface area contributed by atoms with Crippen LogP contribution in [0.4, 0.5) is 20.5 Å². The molecule has 4 aromatic rings. The van der Waals surface area contributed by atoms with Crippen molar-refractivity contribution in [2.24, 2.45) is 7.05 Å². The predicted molar refractivity (Wildman–Crippen MR) is 117 cm³/mol. The monoisotopic (exact) mass is 433 g/mol. The highest BCUT2D eigenvalue weighted by molar-refractivity contribution is 5.87. The van der Waals surface area contributed by atoms with Crippen molar-refractivity contribution in [3.8, 4) is 11.3 Å². The quantitative estimate of drug-likeness (QED) is 0.507. The van der Waals surface area contributed by atoms with Gasteiger partial charge in [-0.1, -0.05) is 6.07 Å². The van der Waals surface area contributed by atoms with Crippen LogP contribution in [0.3, 0.4) is 0 Å². The third-order valence-corrected chi connectivity index (χ3v) is 6.08. The summed E-state index contributed by atoms with van der Waals surface area (Å²) in [7, 11) is 1.82. The standard InChI is InChI=1S/C23H21F2N7/c1-32-22(12-2-3-12)15-8-14(9-16(24)21(15)31-32)20-17(25)11-27-23(30-20)29-19-5-4-13-10-26-7-6-18(13)28-19/h4-5,8-9,11-12,26H,2-3,6-7,10H2,1H3,(H,27,28,29,30). The molecule has 162 valence electrons. The van der Waals surface area contributed by atoms with E-state index in [2.05, 4.69) is 30.7 Å². The molecule has 1 fully saturated rings. The minimum Gasteiger partial charge on any atom is -0.312 e. The van der Waals surface area contributed by atoms with Crippen molar-refractivity contribution in [2.45, 2.75) is 31.7 Å². The van der Waals surface area contributed by atoms with Crippen molar-refractivity contribution in [1.82, 2.24) is 30.0 Å². The lowest BCUT2D eigenvalue weighted by atomic mass is 10.1. The lowest BCUT2D eigenvalue weighted by Gasteiger charge is -2.17. The summed E-state index contributed by atoms with van der Waals surface area (Å²) in [6, 6.07) is 6.91. The summed E-state index contributed by atoms with van der Waals surface area (Å²) < 4.78 is 31.3. The first-order valence-corrected chi connectivity index (χ1v) is 10.7. The summed E-state index contributed by atoms with van der Waals surface area (Å²) in [4.78, 5) is 13.0. The van der Waals surface area contributed by atoms with E-state index in [-0.39, 0.29) is 11.6 Å². The minimum atomic E-state index is -0.615. The molecule has 4 heterocycles. The molecule has 9 heteroatoms. The van der Waals surface area contributed by atoms with Gasteiger partial charge in [-0.2, -0.15) is 5.10 Å². The van der Waals surface area contributed by atoms with Crippen molar-refractivity contribution < 1.29 is 8.78 Å². The number of aromatic nitrogens is 5. The van der Waals surface area contributed by atoms with Crippen LogP contribution in [0.2, 0.25) is 0 Å². The molecule has 3 aromatic heterocycles. The molecular formula is C23H21F2N7. The van der Waals surface area contributed by atoms with E-state index in [4.69, 9.17) is 0 Å². The van der Waals surface area contributed by atoms with Gasteiger partial charge in [0, 0.05) is 54.8 Å². The highest BCUT2D eigenvalue weighted by Crippen LogP contribution is 2.44. The van der Waals surface area contributed by atoms with E-state index in [9.17, 15) is 8.78 Å². The summed E-state index contributed by atoms with van der Waals surface area (Å²) in [6.45, 7) is 1.68. The van der Waals surface area contributed by atoms with E-state index in [1.54, 1.807) is 10.7 Å². The van der Waals surface area contributed by atoms with Crippen molar-refractivity contribution in [2.75, 3.05) is 11.9 Å². The Morgan fingerprint density at radius 3 is 2.84 bits per heavy atom. The van der Waals surface area contributed by atoms with Gasteiger partial charge in [-0.05, 0) is 36.6 Å². The molecule has 2 aliphatic rings. The Bertz CT molecular complexity index is 1360. The van der Waals surface area contributed by atoms with Crippen LogP contribution in [-0.2, 0) is 20.0 Å². The second kappa shape index (κ2) is 7.30. The number of hydrogen-bond acceptors (Lipinski definition) is 6. The summed E-state index contributed by atoms with van der Waals surface area (Å²) in [5.74, 6) is 0.0653. The van der Waals surface area contributed by atoms with Crippen LogP contribution in [0, 0.1) is 11.6 Å². The zero-order valence-corrected chi connectivity index (χ0v) is 17.5. The van der Waals surface area contributed by atoms with Crippen LogP contribution >= 0.6 is 0 Å². The van der Waals surface area contributed by atoms with Crippen LogP contribution in [0.25, 0.3) is 22.2 Å². The fourth-order valence-corrected chi connectivity index (χ4v) is 4.40. The zero-order valence-electron chi connectivity index (χ0n) is 17.5. The van der Waals surface area contributed by atoms with Crippen LogP contribution in [0.1, 0.15) is 35.7 Å². The topological polar surface area (TPSA) is 80.5 Å². The molecule has 32 heavy (non-hydrogen) atoms. The zero-order chi connectivity index (χ0) is 21.8. The van der Waals surface area contributed by atoms with Gasteiger partial charge in [0.1, 0.15) is 17.0 Å². The maximum absolute atomic E-state index is 14.9. The maximum atomic E-state index is 14.9. The Hall–Kier alpha value is -3.46. The molecule has 1 saturated carbocycles. The number of rotatable bonds is 4. The van der Waals surface area contributed by atoms with Gasteiger partial charge in [0.15, 0.2) is 11.6 Å². The lowest BCUT2D eigenvalue weighted by Crippen LogP contribution is -2.24. The largest absolute Gasteiger partial charge is 0.312 e. The summed E-state index contributed by atoms with van der Waals surface area (Å²) in [6.07, 6.45) is 4.05. The number of pyridine rings is 1. The van der Waals surface area contributed by atoms with E-state index >= 15 is 0 Å². The van der Waals surface area contributed by atoms with E-state index < -0.39 is 11.6 Å². The first-order valence-electron chi connectivity index (χ1n) is 10.7. The lowest BCUT2D eigenvalue weighted by molar-refractivity contribution is 0.617. The average molecular weight is 433 g/mol. The number of benzene rings is 1. The average Bonchev–Trinajstić information content (AvgIpc) is 3.57. The molecular weight excluding hydrogens is 412 g/mol. The number of fused-ring (bicyclic) bond motifs is 2. The number of nitrogens with one attached hydrogen (secondary N) is 2. The number of hydrogen-bond donors (Lipinski definition) is 2. The molecule has 0 spiro atoms. The van der Waals surface area contributed by atoms with Gasteiger partial charge in [0.05, 0.1) is 6.20 Å². The SMILES string of the molecule is Cn1nc2c(F)cc(-c3nc(Nc4ccc5c(n4)CCNC5)ncc3F)cc2c1C1CC1. The molecule has 0 unspecified atom stereocenters. The van der Waals surface area contributed by atoms with E-state index in [1.165, 1.54) is 6.07 Å². The Balaban J connectivity index is 1.39. The minimum absolute atomic E-state index is 0.0380. The fraction of sp³-hybridized carbons (Fsp3) is 0.304.